The van der Waals surface area contributed by atoms with Crippen LogP contribution in [0.15, 0.2) is 41.8 Å². The van der Waals surface area contributed by atoms with E-state index in [1.807, 2.05) is 6.92 Å². The second-order valence-electron chi connectivity index (χ2n) is 6.21. The standard InChI is InChI=1S/C10H8F3N3.C9H6F3N3S.CH5N/c1-2-8-14-5-6-3-4-7(10(11,12)13)15-9(6)16-8;1-16-8-13-4-5-2-3-6(9(10,11)12)14-7(5)15-8;1-2/h3-5H,2H2,1H3;2-4H,1H3;2H2,1H3. The Bertz CT molecular complexity index is 1150. The number of pyridine rings is 2. The quantitative estimate of drug-likeness (QED) is 0.233. The minimum absolute atomic E-state index is 0.0641. The van der Waals surface area contributed by atoms with Crippen LogP contribution in [0.3, 0.4) is 0 Å². The first-order chi connectivity index (χ1) is 16.0. The third kappa shape index (κ3) is 6.93. The first-order valence-corrected chi connectivity index (χ1v) is 10.8. The van der Waals surface area contributed by atoms with Gasteiger partial charge < -0.3 is 5.73 Å². The van der Waals surface area contributed by atoms with Crippen LogP contribution in [0.4, 0.5) is 26.3 Å². The fourth-order valence-electron chi connectivity index (χ4n) is 2.42. The summed E-state index contributed by atoms with van der Waals surface area (Å²) in [6.45, 7) is 1.83. The fourth-order valence-corrected chi connectivity index (χ4v) is 2.76. The lowest BCUT2D eigenvalue weighted by atomic mass is 10.3. The van der Waals surface area contributed by atoms with Gasteiger partial charge in [-0.25, -0.2) is 29.9 Å². The van der Waals surface area contributed by atoms with Crippen LogP contribution in [0, 0.1) is 0 Å². The molecule has 0 aromatic carbocycles. The number of rotatable bonds is 2. The molecule has 0 unspecified atom stereocenters. The maximum atomic E-state index is 12.4. The van der Waals surface area contributed by atoms with Crippen molar-refractivity contribution in [3.63, 3.8) is 0 Å². The van der Waals surface area contributed by atoms with Crippen molar-refractivity contribution in [3.05, 3.63) is 53.9 Å². The highest BCUT2D eigenvalue weighted by atomic mass is 32.2. The summed E-state index contributed by atoms with van der Waals surface area (Å²) in [4.78, 5) is 22.7. The van der Waals surface area contributed by atoms with Crippen molar-refractivity contribution in [1.29, 1.82) is 0 Å². The van der Waals surface area contributed by atoms with Gasteiger partial charge in [0.15, 0.2) is 16.5 Å². The van der Waals surface area contributed by atoms with Crippen molar-refractivity contribution in [2.75, 3.05) is 13.3 Å². The van der Waals surface area contributed by atoms with Gasteiger partial charge >= 0.3 is 12.4 Å². The average Bonchev–Trinajstić information content (AvgIpc) is 2.83. The third-order valence-electron chi connectivity index (χ3n) is 3.99. The molecule has 4 aromatic heterocycles. The van der Waals surface area contributed by atoms with E-state index in [9.17, 15) is 26.3 Å². The summed E-state index contributed by atoms with van der Waals surface area (Å²) in [5, 5.41) is 1.40. The van der Waals surface area contributed by atoms with Crippen molar-refractivity contribution in [2.45, 2.75) is 30.9 Å². The molecular weight excluding hydrogens is 484 g/mol. The lowest BCUT2D eigenvalue weighted by molar-refractivity contribution is -0.141. The van der Waals surface area contributed by atoms with E-state index in [1.54, 1.807) is 6.26 Å². The van der Waals surface area contributed by atoms with Crippen molar-refractivity contribution in [3.8, 4) is 0 Å². The van der Waals surface area contributed by atoms with Gasteiger partial charge in [0.2, 0.25) is 0 Å². The molecule has 0 atom stereocenters. The average molecular weight is 503 g/mol. The van der Waals surface area contributed by atoms with Crippen LogP contribution in [-0.4, -0.2) is 43.2 Å². The maximum Gasteiger partial charge on any atom is 0.433 e. The van der Waals surface area contributed by atoms with Crippen LogP contribution in [0.25, 0.3) is 22.1 Å². The first kappa shape index (κ1) is 27.1. The molecule has 4 rings (SSSR count). The Kier molecular flexibility index (Phi) is 9.04. The molecule has 34 heavy (non-hydrogen) atoms. The smallest absolute Gasteiger partial charge is 0.333 e. The number of aryl methyl sites for hydroxylation is 1. The number of thioether (sulfide) groups is 1. The largest absolute Gasteiger partial charge is 0.433 e. The number of halogens is 6. The molecule has 0 bridgehead atoms. The van der Waals surface area contributed by atoms with Gasteiger partial charge in [-0.3, -0.25) is 0 Å². The normalized spacial score (nSPS) is 11.5. The molecule has 2 N–H and O–H groups in total. The minimum atomic E-state index is -4.45. The SMILES string of the molecule is CCc1ncc2ccc(C(F)(F)F)nc2n1.CN.CSc1ncc2ccc(C(F)(F)F)nc2n1. The van der Waals surface area contributed by atoms with Crippen LogP contribution in [0.5, 0.6) is 0 Å². The highest BCUT2D eigenvalue weighted by Crippen LogP contribution is 2.29. The molecule has 0 spiro atoms. The van der Waals surface area contributed by atoms with Crippen molar-refractivity contribution < 1.29 is 26.3 Å². The molecule has 182 valence electrons. The Morgan fingerprint density at radius 2 is 1.21 bits per heavy atom. The van der Waals surface area contributed by atoms with Gasteiger partial charge in [-0.15, -0.1) is 0 Å². The van der Waals surface area contributed by atoms with E-state index in [1.165, 1.54) is 43.3 Å². The van der Waals surface area contributed by atoms with Crippen LogP contribution in [-0.2, 0) is 18.8 Å². The zero-order valence-corrected chi connectivity index (χ0v) is 18.9. The summed E-state index contributed by atoms with van der Waals surface area (Å²) in [6, 6.07) is 4.49. The van der Waals surface area contributed by atoms with Crippen LogP contribution >= 0.6 is 11.8 Å². The number of hydrogen-bond acceptors (Lipinski definition) is 8. The Morgan fingerprint density at radius 3 is 1.65 bits per heavy atom. The summed E-state index contributed by atoms with van der Waals surface area (Å²) in [5.74, 6) is 0.485. The van der Waals surface area contributed by atoms with Gasteiger partial charge in [-0.1, -0.05) is 18.7 Å². The van der Waals surface area contributed by atoms with E-state index >= 15 is 0 Å². The first-order valence-electron chi connectivity index (χ1n) is 9.54. The molecule has 0 amide bonds. The zero-order valence-electron chi connectivity index (χ0n) is 18.1. The lowest BCUT2D eigenvalue weighted by Gasteiger charge is -2.06. The highest BCUT2D eigenvalue weighted by Gasteiger charge is 2.33. The highest BCUT2D eigenvalue weighted by molar-refractivity contribution is 7.98. The van der Waals surface area contributed by atoms with Crippen molar-refractivity contribution >= 4 is 33.8 Å². The molecule has 0 aliphatic carbocycles. The van der Waals surface area contributed by atoms with Gasteiger partial charge in [0.25, 0.3) is 0 Å². The zero-order chi connectivity index (χ0) is 25.5. The number of alkyl halides is 6. The van der Waals surface area contributed by atoms with Crippen LogP contribution in [0.2, 0.25) is 0 Å². The third-order valence-corrected chi connectivity index (χ3v) is 4.56. The van der Waals surface area contributed by atoms with E-state index in [4.69, 9.17) is 0 Å². The molecule has 0 aliphatic heterocycles. The molecule has 0 fully saturated rings. The monoisotopic (exact) mass is 503 g/mol. The Morgan fingerprint density at radius 1 is 0.735 bits per heavy atom. The molecule has 0 radical (unpaired) electrons. The molecular formula is C20H19F6N7S. The molecule has 0 aliphatic rings. The summed E-state index contributed by atoms with van der Waals surface area (Å²) in [6.07, 6.45) is -3.64. The van der Waals surface area contributed by atoms with Gasteiger partial charge in [-0.05, 0) is 37.6 Å². The second kappa shape index (κ2) is 11.3. The van der Waals surface area contributed by atoms with Gasteiger partial charge in [0.05, 0.1) is 0 Å². The van der Waals surface area contributed by atoms with Gasteiger partial charge in [-0.2, -0.15) is 26.3 Å². The second-order valence-corrected chi connectivity index (χ2v) is 6.98. The number of aromatic nitrogens is 6. The van der Waals surface area contributed by atoms with E-state index in [-0.39, 0.29) is 11.3 Å². The molecule has 4 heterocycles. The van der Waals surface area contributed by atoms with Gasteiger partial charge in [0, 0.05) is 29.6 Å². The maximum absolute atomic E-state index is 12.4. The summed E-state index contributed by atoms with van der Waals surface area (Å²) >= 11 is 1.25. The number of nitrogens with two attached hydrogens (primary N) is 1. The van der Waals surface area contributed by atoms with E-state index in [0.29, 0.717) is 28.2 Å². The Balaban J connectivity index is 0.000000224. The van der Waals surface area contributed by atoms with Gasteiger partial charge in [0.1, 0.15) is 17.2 Å². The fraction of sp³-hybridized carbons (Fsp3) is 0.300. The molecule has 0 saturated heterocycles. The molecule has 0 saturated carbocycles. The van der Waals surface area contributed by atoms with E-state index in [0.717, 1.165) is 12.1 Å². The Hall–Kier alpha value is -3.13. The van der Waals surface area contributed by atoms with E-state index < -0.39 is 23.7 Å². The molecule has 4 aromatic rings. The van der Waals surface area contributed by atoms with Crippen LogP contribution in [0.1, 0.15) is 24.1 Å². The predicted octanol–water partition coefficient (Wildman–Crippen LogP) is 4.95. The number of hydrogen-bond donors (Lipinski definition) is 1. The lowest BCUT2D eigenvalue weighted by Crippen LogP contribution is -2.08. The molecule has 7 nitrogen and oxygen atoms in total. The van der Waals surface area contributed by atoms with Crippen LogP contribution < -0.4 is 5.73 Å². The summed E-state index contributed by atoms with van der Waals surface area (Å²) < 4.78 is 74.3. The minimum Gasteiger partial charge on any atom is -0.333 e. The van der Waals surface area contributed by atoms with Crippen molar-refractivity contribution in [2.24, 2.45) is 5.73 Å². The Labute approximate surface area is 194 Å². The number of fused-ring (bicyclic) bond motifs is 2. The summed E-state index contributed by atoms with van der Waals surface area (Å²) in [5.41, 5.74) is 2.78. The predicted molar refractivity (Wildman–Crippen MR) is 116 cm³/mol. The van der Waals surface area contributed by atoms with Crippen molar-refractivity contribution in [1.82, 2.24) is 29.9 Å². The number of nitrogens with zero attached hydrogens (tertiary/aromatic N) is 6. The topological polar surface area (TPSA) is 103 Å². The van der Waals surface area contributed by atoms with E-state index in [2.05, 4.69) is 35.6 Å². The molecule has 14 heteroatoms. The summed E-state index contributed by atoms with van der Waals surface area (Å²) in [7, 11) is 1.50.